The van der Waals surface area contributed by atoms with E-state index in [0.29, 0.717) is 12.0 Å². The van der Waals surface area contributed by atoms with Gasteiger partial charge in [-0.15, -0.1) is 0 Å². The standard InChI is InChI=1S/C15H28N2O/c1-12-8-15(16-13(2)18)11-17(9-12)10-14-6-4-3-5-7-14/h12,14-15H,3-11H2,1-2H3,(H,16,18). The molecule has 1 saturated heterocycles. The van der Waals surface area contributed by atoms with E-state index >= 15 is 0 Å². The topological polar surface area (TPSA) is 32.3 Å². The molecule has 1 N–H and O–H groups in total. The number of nitrogens with one attached hydrogen (secondary N) is 1. The largest absolute Gasteiger partial charge is 0.352 e. The quantitative estimate of drug-likeness (QED) is 0.836. The van der Waals surface area contributed by atoms with Crippen LogP contribution in [0.15, 0.2) is 0 Å². The van der Waals surface area contributed by atoms with Gasteiger partial charge < -0.3 is 10.2 Å². The summed E-state index contributed by atoms with van der Waals surface area (Å²) in [5.41, 5.74) is 0. The van der Waals surface area contributed by atoms with Crippen molar-refractivity contribution in [3.05, 3.63) is 0 Å². The van der Waals surface area contributed by atoms with Crippen LogP contribution in [0.2, 0.25) is 0 Å². The van der Waals surface area contributed by atoms with Crippen molar-refractivity contribution >= 4 is 5.91 Å². The molecule has 0 radical (unpaired) electrons. The number of carbonyl (C=O) groups is 1. The van der Waals surface area contributed by atoms with Gasteiger partial charge >= 0.3 is 0 Å². The molecule has 1 saturated carbocycles. The first-order chi connectivity index (χ1) is 8.63. The van der Waals surface area contributed by atoms with Gasteiger partial charge in [0, 0.05) is 32.6 Å². The molecule has 2 aliphatic rings. The summed E-state index contributed by atoms with van der Waals surface area (Å²) >= 11 is 0. The molecule has 2 fully saturated rings. The Morgan fingerprint density at radius 2 is 1.94 bits per heavy atom. The van der Waals surface area contributed by atoms with E-state index in [0.717, 1.165) is 18.9 Å². The van der Waals surface area contributed by atoms with Gasteiger partial charge in [-0.3, -0.25) is 4.79 Å². The van der Waals surface area contributed by atoms with Crippen molar-refractivity contribution in [3.8, 4) is 0 Å². The van der Waals surface area contributed by atoms with Gasteiger partial charge in [-0.05, 0) is 31.1 Å². The van der Waals surface area contributed by atoms with Gasteiger partial charge in [-0.25, -0.2) is 0 Å². The summed E-state index contributed by atoms with van der Waals surface area (Å²) in [6.07, 6.45) is 8.24. The second-order valence-corrected chi connectivity index (χ2v) is 6.46. The number of hydrogen-bond acceptors (Lipinski definition) is 2. The monoisotopic (exact) mass is 252 g/mol. The molecule has 3 nitrogen and oxygen atoms in total. The third-order valence-electron chi connectivity index (χ3n) is 4.38. The lowest BCUT2D eigenvalue weighted by Gasteiger charge is -2.39. The SMILES string of the molecule is CC(=O)NC1CC(C)CN(CC2CCCCC2)C1. The molecule has 2 atom stereocenters. The molecule has 0 spiro atoms. The van der Waals surface area contributed by atoms with Gasteiger partial charge in [0.2, 0.25) is 5.91 Å². The van der Waals surface area contributed by atoms with E-state index in [2.05, 4.69) is 17.1 Å². The van der Waals surface area contributed by atoms with Gasteiger partial charge in [0.05, 0.1) is 0 Å². The van der Waals surface area contributed by atoms with Crippen molar-refractivity contribution < 1.29 is 4.79 Å². The molecule has 0 aromatic rings. The van der Waals surface area contributed by atoms with Gasteiger partial charge in [-0.2, -0.15) is 0 Å². The van der Waals surface area contributed by atoms with Crippen LogP contribution in [-0.2, 0) is 4.79 Å². The van der Waals surface area contributed by atoms with Crippen LogP contribution in [0, 0.1) is 11.8 Å². The van der Waals surface area contributed by atoms with Crippen molar-refractivity contribution in [2.45, 2.75) is 58.4 Å². The van der Waals surface area contributed by atoms with Crippen LogP contribution in [-0.4, -0.2) is 36.5 Å². The van der Waals surface area contributed by atoms with E-state index in [9.17, 15) is 4.79 Å². The minimum absolute atomic E-state index is 0.117. The molecule has 1 aliphatic carbocycles. The van der Waals surface area contributed by atoms with Crippen LogP contribution in [0.5, 0.6) is 0 Å². The number of carbonyl (C=O) groups excluding carboxylic acids is 1. The van der Waals surface area contributed by atoms with E-state index in [-0.39, 0.29) is 5.91 Å². The summed E-state index contributed by atoms with van der Waals surface area (Å²) in [5.74, 6) is 1.73. The number of rotatable bonds is 3. The molecule has 18 heavy (non-hydrogen) atoms. The summed E-state index contributed by atoms with van der Waals surface area (Å²) in [6, 6.07) is 0.370. The maximum atomic E-state index is 11.2. The Morgan fingerprint density at radius 3 is 2.61 bits per heavy atom. The first-order valence-electron chi connectivity index (χ1n) is 7.63. The molecule has 1 heterocycles. The maximum Gasteiger partial charge on any atom is 0.217 e. The molecular weight excluding hydrogens is 224 g/mol. The second kappa shape index (κ2) is 6.55. The number of amides is 1. The van der Waals surface area contributed by atoms with Gasteiger partial charge in [0.1, 0.15) is 0 Å². The lowest BCUT2D eigenvalue weighted by atomic mass is 9.87. The number of likely N-dealkylation sites (tertiary alicyclic amines) is 1. The molecule has 1 amide bonds. The lowest BCUT2D eigenvalue weighted by molar-refractivity contribution is -0.120. The summed E-state index contributed by atoms with van der Waals surface area (Å²) < 4.78 is 0. The predicted molar refractivity (Wildman–Crippen MR) is 74.4 cm³/mol. The van der Waals surface area contributed by atoms with Gasteiger partial charge in [0.25, 0.3) is 0 Å². The lowest BCUT2D eigenvalue weighted by Crippen LogP contribution is -2.51. The van der Waals surface area contributed by atoms with Crippen molar-refractivity contribution in [2.24, 2.45) is 11.8 Å². The molecule has 3 heteroatoms. The van der Waals surface area contributed by atoms with Gasteiger partial charge in [0.15, 0.2) is 0 Å². The van der Waals surface area contributed by atoms with Crippen molar-refractivity contribution in [2.75, 3.05) is 19.6 Å². The molecule has 1 aliphatic heterocycles. The van der Waals surface area contributed by atoms with Crippen molar-refractivity contribution in [1.82, 2.24) is 10.2 Å². The Kier molecular flexibility index (Phi) is 5.04. The molecular formula is C15H28N2O. The highest BCUT2D eigenvalue weighted by Gasteiger charge is 2.27. The molecule has 104 valence electrons. The van der Waals surface area contributed by atoms with E-state index in [4.69, 9.17) is 0 Å². The van der Waals surface area contributed by atoms with Crippen molar-refractivity contribution in [1.29, 1.82) is 0 Å². The molecule has 0 bridgehead atoms. The number of hydrogen-bond donors (Lipinski definition) is 1. The van der Waals surface area contributed by atoms with Crippen LogP contribution in [0.4, 0.5) is 0 Å². The Morgan fingerprint density at radius 1 is 1.22 bits per heavy atom. The highest BCUT2D eigenvalue weighted by molar-refractivity contribution is 5.73. The van der Waals surface area contributed by atoms with Crippen molar-refractivity contribution in [3.63, 3.8) is 0 Å². The minimum Gasteiger partial charge on any atom is -0.352 e. The summed E-state index contributed by atoms with van der Waals surface area (Å²) in [4.78, 5) is 13.8. The average molecular weight is 252 g/mol. The first-order valence-corrected chi connectivity index (χ1v) is 7.63. The first kappa shape index (κ1) is 13.9. The molecule has 2 unspecified atom stereocenters. The smallest absolute Gasteiger partial charge is 0.217 e. The predicted octanol–water partition coefficient (Wildman–Crippen LogP) is 2.41. The third kappa shape index (κ3) is 4.27. The Labute approximate surface area is 111 Å². The second-order valence-electron chi connectivity index (χ2n) is 6.46. The van der Waals surface area contributed by atoms with E-state index in [1.165, 1.54) is 45.2 Å². The van der Waals surface area contributed by atoms with Gasteiger partial charge in [-0.1, -0.05) is 26.2 Å². The Balaban J connectivity index is 1.81. The Hall–Kier alpha value is -0.570. The highest BCUT2D eigenvalue weighted by Crippen LogP contribution is 2.26. The Bertz CT molecular complexity index is 274. The molecule has 2 rings (SSSR count). The number of nitrogens with zero attached hydrogens (tertiary/aromatic N) is 1. The third-order valence-corrected chi connectivity index (χ3v) is 4.38. The van der Waals surface area contributed by atoms with Crippen LogP contribution in [0.1, 0.15) is 52.4 Å². The zero-order chi connectivity index (χ0) is 13.0. The van der Waals surface area contributed by atoms with E-state index < -0.39 is 0 Å². The van der Waals surface area contributed by atoms with Crippen LogP contribution < -0.4 is 5.32 Å². The fourth-order valence-corrected chi connectivity index (χ4v) is 3.74. The van der Waals surface area contributed by atoms with E-state index in [1.54, 1.807) is 6.92 Å². The maximum absolute atomic E-state index is 11.2. The zero-order valence-electron chi connectivity index (χ0n) is 12.0. The summed E-state index contributed by atoms with van der Waals surface area (Å²) in [7, 11) is 0. The van der Waals surface area contributed by atoms with Crippen LogP contribution in [0.3, 0.4) is 0 Å². The molecule has 0 aromatic carbocycles. The summed E-state index contributed by atoms with van der Waals surface area (Å²) in [6.45, 7) is 7.46. The molecule has 0 aromatic heterocycles. The highest BCUT2D eigenvalue weighted by atomic mass is 16.1. The fraction of sp³-hybridized carbons (Fsp3) is 0.933. The van der Waals surface area contributed by atoms with Crippen LogP contribution >= 0.6 is 0 Å². The minimum atomic E-state index is 0.117. The fourth-order valence-electron chi connectivity index (χ4n) is 3.74. The van der Waals surface area contributed by atoms with Crippen LogP contribution in [0.25, 0.3) is 0 Å². The average Bonchev–Trinajstić information content (AvgIpc) is 2.28. The van der Waals surface area contributed by atoms with E-state index in [1.807, 2.05) is 0 Å². The number of piperidine rings is 1. The summed E-state index contributed by atoms with van der Waals surface area (Å²) in [5, 5.41) is 3.10. The normalized spacial score (nSPS) is 31.2. The zero-order valence-corrected chi connectivity index (χ0v) is 12.0.